The number of fused-ring (bicyclic) bond motifs is 5. The van der Waals surface area contributed by atoms with Gasteiger partial charge >= 0.3 is 0 Å². The molecule has 12 rings (SSSR count). The van der Waals surface area contributed by atoms with Crippen LogP contribution in [0.4, 0.5) is 0 Å². The van der Waals surface area contributed by atoms with Crippen LogP contribution in [0, 0.1) is 140 Å². The van der Waals surface area contributed by atoms with Gasteiger partial charge in [0, 0.05) is 63.8 Å². The van der Waals surface area contributed by atoms with E-state index < -0.39 is 20.3 Å². The number of nitriles is 3. The Labute approximate surface area is 555 Å². The van der Waals surface area contributed by atoms with Gasteiger partial charge < -0.3 is 10.3 Å². The molecule has 0 aromatic carbocycles. The van der Waals surface area contributed by atoms with E-state index in [0.29, 0.717) is 78.2 Å². The number of nitrogens with one attached hydrogen (secondary N) is 2. The van der Waals surface area contributed by atoms with Crippen molar-refractivity contribution in [3.05, 3.63) is 122 Å². The number of rotatable bonds is 19. The van der Waals surface area contributed by atoms with Crippen molar-refractivity contribution in [1.82, 2.24) is 41.2 Å². The summed E-state index contributed by atoms with van der Waals surface area (Å²) in [7, 11) is -2.60. The largest absolute Gasteiger partial charge is 0.330 e. The van der Waals surface area contributed by atoms with E-state index in [1.807, 2.05) is 39.6 Å². The zero-order valence-electron chi connectivity index (χ0n) is 57.2. The second kappa shape index (κ2) is 35.4. The van der Waals surface area contributed by atoms with E-state index in [2.05, 4.69) is 128 Å². The first-order valence-corrected chi connectivity index (χ1v) is 39.3. The maximum absolute atomic E-state index is 11.3. The second-order valence-electron chi connectivity index (χ2n) is 28.1. The fourth-order valence-corrected chi connectivity index (χ4v) is 17.2. The molecule has 0 spiro atoms. The number of nitro groups is 3. The lowest BCUT2D eigenvalue weighted by molar-refractivity contribution is -0.506. The van der Waals surface area contributed by atoms with Crippen molar-refractivity contribution < 1.29 is 24.1 Å². The number of aromatic amines is 2. The van der Waals surface area contributed by atoms with Crippen molar-refractivity contribution in [1.29, 1.82) is 15.8 Å². The molecule has 512 valence electrons. The summed E-state index contributed by atoms with van der Waals surface area (Å²) in [6, 6.07) is 6.20. The van der Waals surface area contributed by atoms with Crippen LogP contribution in [-0.4, -0.2) is 115 Å². The molecule has 5 saturated carbocycles. The first-order valence-electron chi connectivity index (χ1n) is 33.6. The summed E-state index contributed by atoms with van der Waals surface area (Å²) in [5.74, 6) is 7.60. The number of Topliss-reactive ketones (excluding diaryl/α,β-unsaturated/α-hetero) is 1. The Morgan fingerprint density at radius 2 is 1.06 bits per heavy atom. The van der Waals surface area contributed by atoms with E-state index in [1.54, 1.807) is 17.2 Å². The van der Waals surface area contributed by atoms with Gasteiger partial charge in [-0.1, -0.05) is 142 Å². The first kappa shape index (κ1) is 77.3. The van der Waals surface area contributed by atoms with Crippen LogP contribution < -0.4 is 5.73 Å². The molecule has 4 N–H and O–H groups in total. The summed E-state index contributed by atoms with van der Waals surface area (Å²) in [5, 5.41) is 84.2. The Kier molecular flexibility index (Phi) is 29.1. The molecule has 13 atom stereocenters. The van der Waals surface area contributed by atoms with Crippen molar-refractivity contribution in [3.63, 3.8) is 0 Å². The lowest BCUT2D eigenvalue weighted by Gasteiger charge is -2.51. The van der Waals surface area contributed by atoms with Crippen molar-refractivity contribution in [3.8, 4) is 18.2 Å². The average Bonchev–Trinajstić information content (AvgIpc) is 1.51. The number of azide groups is 1. The molecule has 26 nitrogen and oxygen atoms in total. The van der Waals surface area contributed by atoms with Crippen molar-refractivity contribution in [2.24, 2.45) is 85.9 Å². The number of nitrogens with two attached hydrogens (primary N) is 1. The van der Waals surface area contributed by atoms with Crippen molar-refractivity contribution in [2.45, 2.75) is 184 Å². The SMILES string of the molecule is CCC1=C[C@@H]2[C@H](C1)CC2(CC#N)C[N+](=O)[O-].CCC1=C[C@@H]2[C@H](C1)CC2(CN)Cc1nn[nH]n1.CCC1=C[C@@H]2[C@H](C1)CC2(Cc1nn[nH]n1)C[N+](=O)[O-].CCC1=C[C@H]2C(=CC#N)C[C@H]2C1.CCC1=C[C@H]2C(=O)C[C@H]2C1.CCP(=O)(CC)CC#N.C[N+](=O)[O-].C[Si](C)(C)N=[N+]=[N-]. The third-order valence-corrected chi connectivity index (χ3v) is 24.7. The monoisotopic (exact) mass is 1330 g/mol. The van der Waals surface area contributed by atoms with Gasteiger partial charge in [-0.3, -0.25) is 35.1 Å². The summed E-state index contributed by atoms with van der Waals surface area (Å²) in [6.45, 7) is 21.3. The third kappa shape index (κ3) is 20.6. The topological polar surface area (TPSA) is 419 Å². The fraction of sp³-hybridized carbons (Fsp3) is 0.727. The van der Waals surface area contributed by atoms with Crippen LogP contribution in [-0.2, 0) is 22.2 Å². The molecule has 0 radical (unpaired) electrons. The number of nitrogens with zero attached hydrogens (tertiary/aromatic N) is 15. The quantitative estimate of drug-likeness (QED) is 0.0135. The zero-order valence-corrected chi connectivity index (χ0v) is 59.1. The summed E-state index contributed by atoms with van der Waals surface area (Å²) < 4.78 is 14.9. The van der Waals surface area contributed by atoms with Crippen LogP contribution in [0.5, 0.6) is 0 Å². The maximum atomic E-state index is 11.3. The van der Waals surface area contributed by atoms with Crippen molar-refractivity contribution >= 4 is 21.2 Å². The zero-order chi connectivity index (χ0) is 69.6. The number of allylic oxidation sites excluding steroid dienone is 12. The summed E-state index contributed by atoms with van der Waals surface area (Å²) in [4.78, 5) is 43.2. The van der Waals surface area contributed by atoms with Gasteiger partial charge in [0.15, 0.2) is 18.7 Å². The Bertz CT molecular complexity index is 3340. The summed E-state index contributed by atoms with van der Waals surface area (Å²) in [6.07, 6.45) is 33.0. The number of ketones is 1. The van der Waals surface area contributed by atoms with Gasteiger partial charge in [0.05, 0.1) is 29.8 Å². The van der Waals surface area contributed by atoms with E-state index in [-0.39, 0.29) is 51.3 Å². The predicted molar refractivity (Wildman–Crippen MR) is 362 cm³/mol. The Balaban J connectivity index is 0.000000201. The molecule has 0 saturated heterocycles. The lowest BCUT2D eigenvalue weighted by Crippen LogP contribution is -2.51. The number of hydrogen-bond donors (Lipinski definition) is 3. The minimum absolute atomic E-state index is 0.00377. The average molecular weight is 1330 g/mol. The molecule has 0 aliphatic heterocycles. The summed E-state index contributed by atoms with van der Waals surface area (Å²) in [5.41, 5.74) is 22.3. The molecule has 10 aliphatic rings. The minimum atomic E-state index is -2.04. The van der Waals surface area contributed by atoms with Gasteiger partial charge in [-0.25, -0.2) is 0 Å². The van der Waals surface area contributed by atoms with Gasteiger partial charge in [-0.15, -0.1) is 25.2 Å². The smallest absolute Gasteiger partial charge is 0.211 e. The molecule has 2 aromatic heterocycles. The van der Waals surface area contributed by atoms with Crippen molar-refractivity contribution in [2.75, 3.05) is 45.2 Å². The Morgan fingerprint density at radius 3 is 1.41 bits per heavy atom. The first-order chi connectivity index (χ1) is 44.6. The number of carbonyl (C=O) groups is 1. The molecule has 3 unspecified atom stereocenters. The van der Waals surface area contributed by atoms with Crippen LogP contribution in [0.2, 0.25) is 19.6 Å². The van der Waals surface area contributed by atoms with Crippen LogP contribution in [0.1, 0.15) is 163 Å². The highest BCUT2D eigenvalue weighted by Gasteiger charge is 2.59. The van der Waals surface area contributed by atoms with Gasteiger partial charge in [0.2, 0.25) is 13.1 Å². The van der Waals surface area contributed by atoms with Gasteiger partial charge in [-0.2, -0.15) is 26.2 Å². The standard InChI is InChI=1S/C12H17N5O2.C12H19N5.C12H16N2O2.C11H13N.C9H12O.C6H12NOP.C3H9N3Si.CH3NO2/c1-2-8-3-9-5-12(7-17(18)19,10(9)4-8)6-11-13-15-16-14-11;1-2-8-3-9-5-12(7-13,10(9)4-8)6-11-14-16-17-15-11;1-2-9-5-10-7-12(3-4-13,8-14(15)16)11(10)6-9;1-2-8-5-10-7-9(3-4-12)11(10)6-8;1-2-6-3-7-5-9(10)8(7)4-6;1-3-9(8,4-2)6-5-7;1-7(2,3)6-5-4;1-2(3)4/h4,9-10H,2-3,5-7H2,1H3,(H,13,14,15,16);4,9-10H,2-3,5-7,13H2,1H3,(H,14,15,16,17);6,10-11H,2-3,5,7-8H2,1H3;3,6,10-11H,2,5,7H2,1H3;4,7-8H,2-3,5H2,1H3;3-4,6H2,1-2H3;1-3H3;1H3/t2*9-,10-,12?;10-,11-,12?;10-,11+;7-,8-;;;/m11111.../s1. The predicted octanol–water partition coefficient (Wildman–Crippen LogP) is 13.7. The number of H-pyrrole nitrogens is 2. The number of tetrazole rings is 2. The minimum Gasteiger partial charge on any atom is -0.330 e. The fourth-order valence-electron chi connectivity index (χ4n) is 15.8. The molecule has 10 aliphatic carbocycles. The maximum Gasteiger partial charge on any atom is 0.211 e. The molecule has 5 fully saturated rings. The lowest BCUT2D eigenvalue weighted by atomic mass is 9.53. The molecular formula is C66H101N18O8PSi. The summed E-state index contributed by atoms with van der Waals surface area (Å²) >= 11 is 0. The van der Waals surface area contributed by atoms with E-state index in [0.717, 1.165) is 95.5 Å². The van der Waals surface area contributed by atoms with E-state index in [9.17, 15) is 29.6 Å². The van der Waals surface area contributed by atoms with Gasteiger partial charge in [0.1, 0.15) is 21.2 Å². The molecule has 0 bridgehead atoms. The highest BCUT2D eigenvalue weighted by Crippen LogP contribution is 2.62. The molecule has 0 amide bonds. The Hall–Kier alpha value is -7.36. The number of carbonyl (C=O) groups excluding carboxylic acids is 1. The molecular weight excluding hydrogens is 1230 g/mol. The number of hydrogen-bond acceptors (Lipinski definition) is 19. The molecule has 2 heterocycles. The van der Waals surface area contributed by atoms with Crippen LogP contribution in [0.15, 0.2) is 74.7 Å². The van der Waals surface area contributed by atoms with E-state index in [4.69, 9.17) is 37.2 Å². The van der Waals surface area contributed by atoms with Crippen LogP contribution in [0.25, 0.3) is 10.4 Å². The highest BCUT2D eigenvalue weighted by atomic mass is 31.2. The highest BCUT2D eigenvalue weighted by molar-refractivity contribution is 7.64. The molecule has 2 aromatic rings. The third-order valence-electron chi connectivity index (χ3n) is 21.0. The van der Waals surface area contributed by atoms with Crippen LogP contribution >= 0.6 is 7.14 Å². The second-order valence-corrected chi connectivity index (χ2v) is 36.3. The van der Waals surface area contributed by atoms with Crippen LogP contribution in [0.3, 0.4) is 0 Å². The number of aromatic nitrogens is 8. The molecule has 28 heteroatoms. The van der Waals surface area contributed by atoms with Gasteiger partial charge in [-0.05, 0) is 172 Å². The van der Waals surface area contributed by atoms with E-state index in [1.165, 1.54) is 60.8 Å². The van der Waals surface area contributed by atoms with E-state index >= 15 is 0 Å². The van der Waals surface area contributed by atoms with Gasteiger partial charge in [0.25, 0.3) is 0 Å². The normalized spacial score (nSPS) is 29.6. The Morgan fingerprint density at radius 1 is 0.660 bits per heavy atom. The molecule has 94 heavy (non-hydrogen) atoms.